The summed E-state index contributed by atoms with van der Waals surface area (Å²) in [5, 5.41) is 0.226. The van der Waals surface area contributed by atoms with Crippen LogP contribution in [-0.4, -0.2) is 10.9 Å². The molecule has 0 fully saturated rings. The third-order valence-electron chi connectivity index (χ3n) is 4.33. The fourth-order valence-electron chi connectivity index (χ4n) is 2.71. The highest BCUT2D eigenvalue weighted by Crippen LogP contribution is 2.17. The van der Waals surface area contributed by atoms with E-state index in [9.17, 15) is 4.79 Å². The highest BCUT2D eigenvalue weighted by Gasteiger charge is 2.05. The Labute approximate surface area is 147 Å². The molecule has 1 nitrogen and oxygen atoms in total. The van der Waals surface area contributed by atoms with Crippen LogP contribution < -0.4 is 0 Å². The summed E-state index contributed by atoms with van der Waals surface area (Å²) in [4.78, 5) is 12.1. The van der Waals surface area contributed by atoms with Crippen molar-refractivity contribution in [2.45, 2.75) is 84.5 Å². The number of hydrogen-bond acceptors (Lipinski definition) is 2. The first-order chi connectivity index (χ1) is 11.3. The first-order valence-electron chi connectivity index (χ1n) is 9.54. The van der Waals surface area contributed by atoms with Crippen molar-refractivity contribution in [3.63, 3.8) is 0 Å². The lowest BCUT2D eigenvalue weighted by Gasteiger charge is -2.03. The molecule has 0 bridgehead atoms. The topological polar surface area (TPSA) is 17.1 Å². The summed E-state index contributed by atoms with van der Waals surface area (Å²) >= 11 is 1.48. The average molecular weight is 335 g/mol. The summed E-state index contributed by atoms with van der Waals surface area (Å²) in [6.45, 7) is 4.40. The van der Waals surface area contributed by atoms with Crippen molar-refractivity contribution in [1.82, 2.24) is 0 Å². The second-order valence-electron chi connectivity index (χ2n) is 6.37. The zero-order valence-corrected chi connectivity index (χ0v) is 15.9. The third kappa shape index (κ3) is 9.86. The van der Waals surface area contributed by atoms with Crippen LogP contribution >= 0.6 is 11.8 Å². The van der Waals surface area contributed by atoms with Crippen molar-refractivity contribution < 1.29 is 4.79 Å². The zero-order valence-electron chi connectivity index (χ0n) is 15.1. The van der Waals surface area contributed by atoms with Crippen LogP contribution in [0.3, 0.4) is 0 Å². The van der Waals surface area contributed by atoms with Crippen LogP contribution in [0.2, 0.25) is 0 Å². The van der Waals surface area contributed by atoms with Gasteiger partial charge in [0, 0.05) is 11.3 Å². The first kappa shape index (κ1) is 20.3. The molecule has 0 unspecified atom stereocenters. The molecule has 0 saturated heterocycles. The molecule has 130 valence electrons. The van der Waals surface area contributed by atoms with E-state index in [1.165, 1.54) is 81.5 Å². The molecule has 0 saturated carbocycles. The van der Waals surface area contributed by atoms with Gasteiger partial charge in [-0.15, -0.1) is 0 Å². The third-order valence-corrected chi connectivity index (χ3v) is 5.32. The van der Waals surface area contributed by atoms with Gasteiger partial charge < -0.3 is 0 Å². The second-order valence-corrected chi connectivity index (χ2v) is 7.44. The molecule has 0 aliphatic carbocycles. The highest BCUT2D eigenvalue weighted by atomic mass is 32.2. The van der Waals surface area contributed by atoms with Gasteiger partial charge in [-0.2, -0.15) is 0 Å². The Morgan fingerprint density at radius 1 is 0.783 bits per heavy atom. The molecule has 0 N–H and O–H groups in total. The van der Waals surface area contributed by atoms with E-state index in [2.05, 4.69) is 26.0 Å². The summed E-state index contributed by atoms with van der Waals surface area (Å²) in [6.07, 6.45) is 14.5. The smallest absolute Gasteiger partial charge is 0.219 e. The summed E-state index contributed by atoms with van der Waals surface area (Å²) in [5.74, 6) is 0.963. The number of carbonyl (C=O) groups excluding carboxylic acids is 1. The van der Waals surface area contributed by atoms with Crippen LogP contribution in [0.5, 0.6) is 0 Å². The Morgan fingerprint density at radius 2 is 1.30 bits per heavy atom. The van der Waals surface area contributed by atoms with Crippen LogP contribution in [0.15, 0.2) is 24.3 Å². The maximum Gasteiger partial charge on any atom is 0.219 e. The highest BCUT2D eigenvalue weighted by molar-refractivity contribution is 8.14. The van der Waals surface area contributed by atoms with E-state index in [4.69, 9.17) is 0 Å². The summed E-state index contributed by atoms with van der Waals surface area (Å²) in [6, 6.07) is 8.06. The number of aryl methyl sites for hydroxylation is 1. The number of benzene rings is 1. The molecule has 1 aromatic rings. The second kappa shape index (κ2) is 13.7. The van der Waals surface area contributed by atoms with Crippen LogP contribution in [0.4, 0.5) is 0 Å². The van der Waals surface area contributed by atoms with E-state index < -0.39 is 0 Å². The molecule has 0 radical (unpaired) electrons. The van der Waals surface area contributed by atoms with Gasteiger partial charge in [0.25, 0.3) is 0 Å². The van der Waals surface area contributed by atoms with E-state index in [1.807, 2.05) is 12.1 Å². The number of hydrogen-bond donors (Lipinski definition) is 0. The number of thioether (sulfide) groups is 1. The SMILES string of the molecule is CCCCCCCCCCCCSC(=O)c1ccc(CC)cc1. The maximum atomic E-state index is 12.1. The first-order valence-corrected chi connectivity index (χ1v) is 10.5. The Bertz CT molecular complexity index is 410. The van der Waals surface area contributed by atoms with Gasteiger partial charge in [-0.1, -0.05) is 108 Å². The molecule has 0 aliphatic heterocycles. The van der Waals surface area contributed by atoms with E-state index in [-0.39, 0.29) is 5.12 Å². The molecule has 2 heteroatoms. The maximum absolute atomic E-state index is 12.1. The number of rotatable bonds is 13. The molecule has 0 amide bonds. The molecular formula is C21H34OS. The predicted octanol–water partition coefficient (Wildman–Crippen LogP) is 7.04. The van der Waals surface area contributed by atoms with E-state index in [1.54, 1.807) is 0 Å². The minimum Gasteiger partial charge on any atom is -0.282 e. The fraction of sp³-hybridized carbons (Fsp3) is 0.667. The average Bonchev–Trinajstić information content (AvgIpc) is 2.59. The molecule has 0 spiro atoms. The van der Waals surface area contributed by atoms with Gasteiger partial charge in [0.15, 0.2) is 0 Å². The van der Waals surface area contributed by atoms with Crippen LogP contribution in [0.25, 0.3) is 0 Å². The molecule has 0 atom stereocenters. The standard InChI is InChI=1S/C21H34OS/c1-3-5-6-7-8-9-10-11-12-13-18-23-21(22)20-16-14-19(4-2)15-17-20/h14-17H,3-13,18H2,1-2H3. The van der Waals surface area contributed by atoms with Gasteiger partial charge in [-0.25, -0.2) is 0 Å². The summed E-state index contributed by atoms with van der Waals surface area (Å²) in [5.41, 5.74) is 2.14. The Balaban J connectivity index is 1.97. The molecule has 0 aliphatic rings. The predicted molar refractivity (Wildman–Crippen MR) is 104 cm³/mol. The Morgan fingerprint density at radius 3 is 1.83 bits per heavy atom. The zero-order chi connectivity index (χ0) is 16.8. The quantitative estimate of drug-likeness (QED) is 0.360. The van der Waals surface area contributed by atoms with Crippen molar-refractivity contribution >= 4 is 16.9 Å². The van der Waals surface area contributed by atoms with E-state index in [0.29, 0.717) is 0 Å². The monoisotopic (exact) mass is 334 g/mol. The lowest BCUT2D eigenvalue weighted by atomic mass is 10.1. The van der Waals surface area contributed by atoms with Crippen LogP contribution in [-0.2, 0) is 6.42 Å². The molecule has 1 rings (SSSR count). The van der Waals surface area contributed by atoms with Gasteiger partial charge >= 0.3 is 0 Å². The largest absolute Gasteiger partial charge is 0.282 e. The Kier molecular flexibility index (Phi) is 12.0. The molecule has 0 heterocycles. The van der Waals surface area contributed by atoms with Crippen molar-refractivity contribution in [2.75, 3.05) is 5.75 Å². The molecule has 23 heavy (non-hydrogen) atoms. The van der Waals surface area contributed by atoms with E-state index >= 15 is 0 Å². The van der Waals surface area contributed by atoms with Crippen molar-refractivity contribution in [2.24, 2.45) is 0 Å². The lowest BCUT2D eigenvalue weighted by Crippen LogP contribution is -1.95. The van der Waals surface area contributed by atoms with Crippen LogP contribution in [0, 0.1) is 0 Å². The van der Waals surface area contributed by atoms with E-state index in [0.717, 1.165) is 17.7 Å². The van der Waals surface area contributed by atoms with Crippen molar-refractivity contribution in [1.29, 1.82) is 0 Å². The van der Waals surface area contributed by atoms with Gasteiger partial charge in [-0.05, 0) is 18.4 Å². The minimum atomic E-state index is 0.226. The lowest BCUT2D eigenvalue weighted by molar-refractivity contribution is 0.108. The minimum absolute atomic E-state index is 0.226. The summed E-state index contributed by atoms with van der Waals surface area (Å²) < 4.78 is 0. The Hall–Kier alpha value is -0.760. The molecule has 1 aromatic carbocycles. The van der Waals surface area contributed by atoms with Gasteiger partial charge in [0.05, 0.1) is 0 Å². The van der Waals surface area contributed by atoms with Crippen molar-refractivity contribution in [3.8, 4) is 0 Å². The van der Waals surface area contributed by atoms with Crippen LogP contribution in [0.1, 0.15) is 94.0 Å². The number of unbranched alkanes of at least 4 members (excludes halogenated alkanes) is 9. The summed E-state index contributed by atoms with van der Waals surface area (Å²) in [7, 11) is 0. The van der Waals surface area contributed by atoms with Gasteiger partial charge in [0.1, 0.15) is 0 Å². The van der Waals surface area contributed by atoms with Gasteiger partial charge in [0.2, 0.25) is 5.12 Å². The molecular weight excluding hydrogens is 300 g/mol. The normalized spacial score (nSPS) is 10.9. The fourth-order valence-corrected chi connectivity index (χ4v) is 3.55. The molecule has 0 aromatic heterocycles. The van der Waals surface area contributed by atoms with Crippen molar-refractivity contribution in [3.05, 3.63) is 35.4 Å². The van der Waals surface area contributed by atoms with Gasteiger partial charge in [-0.3, -0.25) is 4.79 Å². The number of carbonyl (C=O) groups is 1.